The number of hydrogen-bond acceptors (Lipinski definition) is 5. The third-order valence-electron chi connectivity index (χ3n) is 4.50. The van der Waals surface area contributed by atoms with Crippen molar-refractivity contribution < 1.29 is 28.7 Å². The van der Waals surface area contributed by atoms with Gasteiger partial charge in [0.2, 0.25) is 0 Å². The molecular formula is C12H9O6+. The minimum atomic E-state index is -0.604. The van der Waals surface area contributed by atoms with Crippen LogP contribution in [0.2, 0.25) is 0 Å². The second-order valence-electron chi connectivity index (χ2n) is 5.14. The number of rotatable bonds is 0. The minimum Gasteiger partial charge on any atom is -0.393 e. The van der Waals surface area contributed by atoms with Gasteiger partial charge in [0.25, 0.3) is 0 Å². The minimum absolute atomic E-state index is 0.338. The Bertz CT molecular complexity index is 459. The molecule has 2 heterocycles. The third kappa shape index (κ3) is 0.913. The van der Waals surface area contributed by atoms with Crippen LogP contribution in [0.3, 0.4) is 0 Å². The summed E-state index contributed by atoms with van der Waals surface area (Å²) in [6, 6.07) is 0. The van der Waals surface area contributed by atoms with Gasteiger partial charge in [0.05, 0.1) is 11.8 Å². The fourth-order valence-corrected chi connectivity index (χ4v) is 3.84. The Labute approximate surface area is 101 Å². The van der Waals surface area contributed by atoms with Crippen LogP contribution in [0.25, 0.3) is 0 Å². The van der Waals surface area contributed by atoms with Crippen LogP contribution >= 0.6 is 0 Å². The highest BCUT2D eigenvalue weighted by Crippen LogP contribution is 2.56. The summed E-state index contributed by atoms with van der Waals surface area (Å²) >= 11 is 0. The molecule has 0 aromatic heterocycles. The fraction of sp³-hybridized carbons (Fsp3) is 0.500. The van der Waals surface area contributed by atoms with Crippen molar-refractivity contribution in [3.05, 3.63) is 12.2 Å². The van der Waals surface area contributed by atoms with Crippen molar-refractivity contribution in [3.8, 4) is 0 Å². The van der Waals surface area contributed by atoms with Crippen molar-refractivity contribution in [3.63, 3.8) is 0 Å². The molecule has 3 aliphatic carbocycles. The van der Waals surface area contributed by atoms with Crippen LogP contribution in [-0.2, 0) is 23.9 Å². The Hall–Kier alpha value is -1.98. The Morgan fingerprint density at radius 2 is 1.22 bits per heavy atom. The van der Waals surface area contributed by atoms with Crippen LogP contribution in [0.15, 0.2) is 12.2 Å². The van der Waals surface area contributed by atoms with Crippen LogP contribution in [0.1, 0.15) is 0 Å². The number of cyclic esters (lactones) is 4. The summed E-state index contributed by atoms with van der Waals surface area (Å²) in [6.07, 6.45) is 3.55. The third-order valence-corrected chi connectivity index (χ3v) is 4.50. The lowest BCUT2D eigenvalue weighted by Gasteiger charge is -2.40. The van der Waals surface area contributed by atoms with Gasteiger partial charge < -0.3 is 9.53 Å². The quantitative estimate of drug-likeness (QED) is 0.248. The van der Waals surface area contributed by atoms with Gasteiger partial charge in [-0.1, -0.05) is 12.2 Å². The molecule has 18 heavy (non-hydrogen) atoms. The normalized spacial score (nSPS) is 48.0. The number of esters is 4. The molecule has 92 valence electrons. The van der Waals surface area contributed by atoms with Crippen molar-refractivity contribution in [2.24, 2.45) is 35.5 Å². The number of carbonyl (C=O) groups excluding carboxylic acids is 4. The van der Waals surface area contributed by atoms with Gasteiger partial charge in [-0.25, -0.2) is 9.53 Å². The second-order valence-corrected chi connectivity index (χ2v) is 5.14. The molecule has 1 saturated carbocycles. The zero-order chi connectivity index (χ0) is 12.6. The van der Waals surface area contributed by atoms with E-state index in [1.54, 1.807) is 12.2 Å². The maximum Gasteiger partial charge on any atom is 0.496 e. The predicted molar refractivity (Wildman–Crippen MR) is 54.2 cm³/mol. The lowest BCUT2D eigenvalue weighted by atomic mass is 9.54. The van der Waals surface area contributed by atoms with Crippen LogP contribution in [0, 0.1) is 35.5 Å². The van der Waals surface area contributed by atoms with Gasteiger partial charge in [0.1, 0.15) is 11.8 Å². The van der Waals surface area contributed by atoms with Crippen LogP contribution < -0.4 is 0 Å². The Morgan fingerprint density at radius 3 is 1.83 bits per heavy atom. The van der Waals surface area contributed by atoms with Crippen molar-refractivity contribution in [1.82, 2.24) is 0 Å². The highest BCUT2D eigenvalue weighted by atomic mass is 16.6. The van der Waals surface area contributed by atoms with Gasteiger partial charge >= 0.3 is 23.9 Å². The molecule has 5 rings (SSSR count). The van der Waals surface area contributed by atoms with E-state index in [9.17, 15) is 19.2 Å². The molecule has 0 amide bonds. The molecule has 0 aromatic rings. The van der Waals surface area contributed by atoms with Gasteiger partial charge in [-0.3, -0.25) is 9.59 Å². The van der Waals surface area contributed by atoms with E-state index in [0.29, 0.717) is 0 Å². The highest BCUT2D eigenvalue weighted by Gasteiger charge is 2.71. The molecule has 0 radical (unpaired) electrons. The molecule has 6 heteroatoms. The zero-order valence-electron chi connectivity index (χ0n) is 9.11. The van der Waals surface area contributed by atoms with Crippen LogP contribution in [0.4, 0.5) is 0 Å². The summed E-state index contributed by atoms with van der Waals surface area (Å²) in [5.41, 5.74) is 0. The first-order valence-corrected chi connectivity index (χ1v) is 5.81. The first-order valence-electron chi connectivity index (χ1n) is 5.81. The van der Waals surface area contributed by atoms with Gasteiger partial charge in [-0.15, -0.1) is 0 Å². The zero-order valence-corrected chi connectivity index (χ0v) is 9.11. The summed E-state index contributed by atoms with van der Waals surface area (Å²) in [7, 11) is 0. The molecule has 6 unspecified atom stereocenters. The van der Waals surface area contributed by atoms with Gasteiger partial charge in [-0.05, 0) is 0 Å². The Morgan fingerprint density at radius 1 is 0.778 bits per heavy atom. The number of allylic oxidation sites excluding steroid dienone is 2. The van der Waals surface area contributed by atoms with E-state index in [1.165, 1.54) is 0 Å². The van der Waals surface area contributed by atoms with E-state index in [0.717, 1.165) is 0 Å². The van der Waals surface area contributed by atoms with E-state index < -0.39 is 53.4 Å². The van der Waals surface area contributed by atoms with Crippen molar-refractivity contribution in [2.75, 3.05) is 0 Å². The molecule has 0 spiro atoms. The lowest BCUT2D eigenvalue weighted by molar-refractivity contribution is -0.154. The average Bonchev–Trinajstić information content (AvgIpc) is 2.81. The molecule has 6 nitrogen and oxygen atoms in total. The Kier molecular flexibility index (Phi) is 1.60. The molecule has 5 aliphatic rings. The summed E-state index contributed by atoms with van der Waals surface area (Å²) in [5.74, 6) is -5.09. The monoisotopic (exact) mass is 249 g/mol. The SMILES string of the molecule is O=C1OC(=O)C2C3C=CC(C12)C1C(=O)OC(=[OH+])C31. The summed E-state index contributed by atoms with van der Waals surface area (Å²) in [6.45, 7) is 0. The molecule has 0 aromatic carbocycles. The number of carbonyl (C=O) groups is 3. The number of hydrogen-bond donors (Lipinski definition) is 0. The van der Waals surface area contributed by atoms with Crippen molar-refractivity contribution >= 4 is 23.9 Å². The second kappa shape index (κ2) is 2.88. The lowest BCUT2D eigenvalue weighted by Crippen LogP contribution is -2.50. The van der Waals surface area contributed by atoms with E-state index in [1.807, 2.05) is 0 Å². The molecule has 2 bridgehead atoms. The maximum absolute atomic E-state index is 11.7. The van der Waals surface area contributed by atoms with E-state index >= 15 is 0 Å². The molecular weight excluding hydrogens is 240 g/mol. The Balaban J connectivity index is 1.88. The van der Waals surface area contributed by atoms with Crippen LogP contribution in [0.5, 0.6) is 0 Å². The average molecular weight is 249 g/mol. The maximum atomic E-state index is 11.7. The van der Waals surface area contributed by atoms with Gasteiger partial charge in [0, 0.05) is 11.8 Å². The first kappa shape index (κ1) is 9.99. The number of ether oxygens (including phenoxy) is 2. The van der Waals surface area contributed by atoms with Gasteiger partial charge in [0.15, 0.2) is 0 Å². The van der Waals surface area contributed by atoms with Crippen molar-refractivity contribution in [2.45, 2.75) is 0 Å². The summed E-state index contributed by atoms with van der Waals surface area (Å²) in [4.78, 5) is 44.8. The topological polar surface area (TPSA) is 91.1 Å². The fourth-order valence-electron chi connectivity index (χ4n) is 3.84. The van der Waals surface area contributed by atoms with E-state index in [2.05, 4.69) is 4.74 Å². The predicted octanol–water partition coefficient (Wildman–Crippen LogP) is -0.590. The first-order chi connectivity index (χ1) is 8.59. The standard InChI is InChI=1S/C12H8O6/c13-9-5-3-1-2-4(7(5)11(15)17-9)8-6(3)10(14)18-12(8)16/h1-8H/p+1. The van der Waals surface area contributed by atoms with E-state index in [-0.39, 0.29) is 5.97 Å². The molecule has 2 saturated heterocycles. The van der Waals surface area contributed by atoms with Gasteiger partial charge in [-0.2, -0.15) is 0 Å². The highest BCUT2D eigenvalue weighted by molar-refractivity contribution is 6.03. The summed E-state index contributed by atoms with van der Waals surface area (Å²) < 4.78 is 9.42. The van der Waals surface area contributed by atoms with Crippen molar-refractivity contribution in [1.29, 1.82) is 0 Å². The van der Waals surface area contributed by atoms with E-state index in [4.69, 9.17) is 4.74 Å². The molecule has 3 fully saturated rings. The molecule has 1 N–H and O–H groups in total. The smallest absolute Gasteiger partial charge is 0.393 e. The van der Waals surface area contributed by atoms with Crippen LogP contribution in [-0.4, -0.2) is 28.7 Å². The molecule has 2 aliphatic heterocycles. The summed E-state index contributed by atoms with van der Waals surface area (Å²) in [5, 5.41) is 0. The largest absolute Gasteiger partial charge is 0.496 e. The molecule has 6 atom stereocenters.